The highest BCUT2D eigenvalue weighted by atomic mass is 35.5. The second-order valence-corrected chi connectivity index (χ2v) is 8.48. The van der Waals surface area contributed by atoms with E-state index in [2.05, 4.69) is 18.7 Å². The second kappa shape index (κ2) is 7.75. The molecular formula is C24H25ClF2. The van der Waals surface area contributed by atoms with Crippen molar-refractivity contribution in [3.8, 4) is 0 Å². The van der Waals surface area contributed by atoms with E-state index in [0.29, 0.717) is 24.2 Å². The van der Waals surface area contributed by atoms with E-state index in [0.717, 1.165) is 54.3 Å². The van der Waals surface area contributed by atoms with Crippen molar-refractivity contribution in [2.24, 2.45) is 11.8 Å². The molecule has 4 rings (SSSR count). The Balaban J connectivity index is 1.73. The Morgan fingerprint density at radius 1 is 1.07 bits per heavy atom. The average Bonchev–Trinajstić information content (AvgIpc) is 2.66. The Hall–Kier alpha value is -1.67. The number of allylic oxidation sites excluding steroid dienone is 1. The molecule has 0 amide bonds. The van der Waals surface area contributed by atoms with Crippen LogP contribution in [0.1, 0.15) is 60.6 Å². The van der Waals surface area contributed by atoms with E-state index in [1.54, 1.807) is 6.07 Å². The van der Waals surface area contributed by atoms with Gasteiger partial charge in [-0.3, -0.25) is 0 Å². The molecule has 3 heteroatoms. The first-order chi connectivity index (χ1) is 13.1. The van der Waals surface area contributed by atoms with Gasteiger partial charge in [-0.1, -0.05) is 29.8 Å². The zero-order valence-electron chi connectivity index (χ0n) is 15.4. The molecule has 2 aromatic rings. The molecule has 2 aliphatic carbocycles. The summed E-state index contributed by atoms with van der Waals surface area (Å²) in [5, 5.41) is 0.742. The minimum Gasteiger partial charge on any atom is -0.207 e. The molecule has 0 aliphatic heterocycles. The Labute approximate surface area is 165 Å². The van der Waals surface area contributed by atoms with Crippen LogP contribution < -0.4 is 0 Å². The van der Waals surface area contributed by atoms with Crippen LogP contribution in [-0.4, -0.2) is 0 Å². The predicted octanol–water partition coefficient (Wildman–Crippen LogP) is 7.42. The zero-order chi connectivity index (χ0) is 19.0. The summed E-state index contributed by atoms with van der Waals surface area (Å²) >= 11 is 6.11. The van der Waals surface area contributed by atoms with Crippen molar-refractivity contribution >= 4 is 11.6 Å². The second-order valence-electron chi connectivity index (χ2n) is 8.05. The molecule has 0 nitrogen and oxygen atoms in total. The Bertz CT molecular complexity index is 827. The maximum Gasteiger partial charge on any atom is 0.129 e. The lowest BCUT2D eigenvalue weighted by molar-refractivity contribution is 0.161. The smallest absolute Gasteiger partial charge is 0.129 e. The molecule has 2 aromatic carbocycles. The molecule has 0 unspecified atom stereocenters. The first kappa shape index (κ1) is 18.7. The van der Waals surface area contributed by atoms with E-state index >= 15 is 0 Å². The third-order valence-corrected chi connectivity index (χ3v) is 6.90. The molecule has 0 bridgehead atoms. The van der Waals surface area contributed by atoms with Gasteiger partial charge >= 0.3 is 0 Å². The standard InChI is InChI=1S/C24H25ClF2/c1-2-3-4-15-7-10-19-21(24(15)16-5-8-17(25)9-6-16)12-11-20-22(19)13-18(26)14-23(20)27/h2,5-6,8-9,13-15,19,21,24H,1,3-4,7,10-12H2/t15-,19-,21+,24-/m1/s1. The van der Waals surface area contributed by atoms with Crippen LogP contribution in [0.2, 0.25) is 5.02 Å². The van der Waals surface area contributed by atoms with Gasteiger partial charge in [0.25, 0.3) is 0 Å². The number of hydrogen-bond acceptors (Lipinski definition) is 0. The summed E-state index contributed by atoms with van der Waals surface area (Å²) in [7, 11) is 0. The minimum absolute atomic E-state index is 0.236. The minimum atomic E-state index is -0.455. The van der Waals surface area contributed by atoms with Crippen molar-refractivity contribution in [1.82, 2.24) is 0 Å². The number of hydrogen-bond donors (Lipinski definition) is 0. The lowest BCUT2D eigenvalue weighted by atomic mass is 9.57. The fraction of sp³-hybridized carbons (Fsp3) is 0.417. The molecule has 0 radical (unpaired) electrons. The van der Waals surface area contributed by atoms with Gasteiger partial charge in [-0.25, -0.2) is 8.78 Å². The zero-order valence-corrected chi connectivity index (χ0v) is 16.2. The maximum atomic E-state index is 14.3. The number of benzene rings is 2. The van der Waals surface area contributed by atoms with Crippen LogP contribution in [0.5, 0.6) is 0 Å². The van der Waals surface area contributed by atoms with Gasteiger partial charge in [-0.15, -0.1) is 6.58 Å². The quantitative estimate of drug-likeness (QED) is 0.479. The fourth-order valence-corrected chi connectivity index (χ4v) is 5.67. The van der Waals surface area contributed by atoms with Crippen LogP contribution in [0.3, 0.4) is 0 Å². The summed E-state index contributed by atoms with van der Waals surface area (Å²) in [6, 6.07) is 10.8. The first-order valence-corrected chi connectivity index (χ1v) is 10.3. The summed E-state index contributed by atoms with van der Waals surface area (Å²) in [6.45, 7) is 3.88. The van der Waals surface area contributed by atoms with Crippen LogP contribution in [0.4, 0.5) is 8.78 Å². The third-order valence-electron chi connectivity index (χ3n) is 6.65. The van der Waals surface area contributed by atoms with Crippen LogP contribution in [0.25, 0.3) is 0 Å². The van der Waals surface area contributed by atoms with Crippen molar-refractivity contribution in [3.05, 3.63) is 82.4 Å². The SMILES string of the molecule is C=CCC[C@@H]1CC[C@H]2c3cc(F)cc(F)c3CC[C@@H]2[C@H]1c1ccc(Cl)cc1. The van der Waals surface area contributed by atoms with Crippen molar-refractivity contribution in [2.45, 2.75) is 50.4 Å². The highest BCUT2D eigenvalue weighted by Crippen LogP contribution is 2.55. The Morgan fingerprint density at radius 3 is 2.59 bits per heavy atom. The van der Waals surface area contributed by atoms with Gasteiger partial charge in [-0.05, 0) is 97.1 Å². The summed E-state index contributed by atoms with van der Waals surface area (Å²) in [5.74, 6) is 0.804. The van der Waals surface area contributed by atoms with Crippen molar-refractivity contribution in [3.63, 3.8) is 0 Å². The van der Waals surface area contributed by atoms with Crippen molar-refractivity contribution in [2.75, 3.05) is 0 Å². The van der Waals surface area contributed by atoms with E-state index in [-0.39, 0.29) is 11.7 Å². The number of rotatable bonds is 4. The molecule has 4 atom stereocenters. The van der Waals surface area contributed by atoms with Gasteiger partial charge in [0.2, 0.25) is 0 Å². The van der Waals surface area contributed by atoms with Gasteiger partial charge in [0.15, 0.2) is 0 Å². The van der Waals surface area contributed by atoms with E-state index < -0.39 is 5.82 Å². The number of halogens is 3. The Morgan fingerprint density at radius 2 is 1.85 bits per heavy atom. The van der Waals surface area contributed by atoms with E-state index in [1.165, 1.54) is 5.56 Å². The van der Waals surface area contributed by atoms with Crippen LogP contribution in [0, 0.1) is 23.5 Å². The van der Waals surface area contributed by atoms with Gasteiger partial charge in [0.05, 0.1) is 0 Å². The van der Waals surface area contributed by atoms with Gasteiger partial charge in [0, 0.05) is 11.1 Å². The molecule has 0 heterocycles. The number of fused-ring (bicyclic) bond motifs is 3. The molecule has 1 fully saturated rings. The molecule has 0 spiro atoms. The van der Waals surface area contributed by atoms with Crippen LogP contribution in [-0.2, 0) is 6.42 Å². The fourth-order valence-electron chi connectivity index (χ4n) is 5.54. The van der Waals surface area contributed by atoms with Gasteiger partial charge in [-0.2, -0.15) is 0 Å². The lowest BCUT2D eigenvalue weighted by Crippen LogP contribution is -2.35. The molecule has 27 heavy (non-hydrogen) atoms. The van der Waals surface area contributed by atoms with Gasteiger partial charge < -0.3 is 0 Å². The summed E-state index contributed by atoms with van der Waals surface area (Å²) < 4.78 is 28.3. The summed E-state index contributed by atoms with van der Waals surface area (Å²) in [6.07, 6.45) is 7.85. The highest BCUT2D eigenvalue weighted by Gasteiger charge is 2.43. The van der Waals surface area contributed by atoms with Crippen LogP contribution >= 0.6 is 11.6 Å². The molecule has 142 valence electrons. The van der Waals surface area contributed by atoms with Crippen molar-refractivity contribution < 1.29 is 8.78 Å². The molecule has 2 aliphatic rings. The highest BCUT2D eigenvalue weighted by molar-refractivity contribution is 6.30. The maximum absolute atomic E-state index is 14.3. The van der Waals surface area contributed by atoms with Gasteiger partial charge in [0.1, 0.15) is 11.6 Å². The predicted molar refractivity (Wildman–Crippen MR) is 107 cm³/mol. The van der Waals surface area contributed by atoms with E-state index in [4.69, 9.17) is 11.6 Å². The van der Waals surface area contributed by atoms with E-state index in [9.17, 15) is 8.78 Å². The van der Waals surface area contributed by atoms with Crippen LogP contribution in [0.15, 0.2) is 49.1 Å². The third kappa shape index (κ3) is 3.57. The monoisotopic (exact) mass is 386 g/mol. The average molecular weight is 387 g/mol. The summed E-state index contributed by atoms with van der Waals surface area (Å²) in [5.41, 5.74) is 2.95. The molecule has 0 aromatic heterocycles. The molecular weight excluding hydrogens is 362 g/mol. The van der Waals surface area contributed by atoms with Crippen molar-refractivity contribution in [1.29, 1.82) is 0 Å². The lowest BCUT2D eigenvalue weighted by Gasteiger charge is -2.47. The molecule has 0 saturated heterocycles. The van der Waals surface area contributed by atoms with E-state index in [1.807, 2.05) is 18.2 Å². The first-order valence-electron chi connectivity index (χ1n) is 9.92. The normalized spacial score (nSPS) is 26.9. The molecule has 1 saturated carbocycles. The Kier molecular flexibility index (Phi) is 5.36. The summed E-state index contributed by atoms with van der Waals surface area (Å²) in [4.78, 5) is 0. The topological polar surface area (TPSA) is 0 Å². The largest absolute Gasteiger partial charge is 0.207 e. The molecule has 0 N–H and O–H groups in total.